The van der Waals surface area contributed by atoms with Gasteiger partial charge in [0.15, 0.2) is 0 Å². The number of aliphatic hydroxyl groups excluding tert-OH is 2. The number of aliphatic hydroxyl groups is 2. The summed E-state index contributed by atoms with van der Waals surface area (Å²) >= 11 is 1.46. The summed E-state index contributed by atoms with van der Waals surface area (Å²) in [5.41, 5.74) is 0.780. The zero-order valence-corrected chi connectivity index (χ0v) is 17.1. The molecule has 3 N–H and O–H groups in total. The molecule has 0 bridgehead atoms. The van der Waals surface area contributed by atoms with E-state index in [1.165, 1.54) is 11.8 Å². The number of ether oxygens (including phenoxy) is 1. The highest BCUT2D eigenvalue weighted by atomic mass is 32.2. The van der Waals surface area contributed by atoms with Crippen LogP contribution in [-0.2, 0) is 9.59 Å². The number of carboxylic acids is 1. The van der Waals surface area contributed by atoms with E-state index in [4.69, 9.17) is 9.84 Å². The summed E-state index contributed by atoms with van der Waals surface area (Å²) in [6.45, 7) is 0. The van der Waals surface area contributed by atoms with Crippen LogP contribution in [0.4, 0.5) is 0 Å². The fourth-order valence-electron chi connectivity index (χ4n) is 3.60. The molecule has 1 saturated carbocycles. The Hall–Kier alpha value is -1.57. The summed E-state index contributed by atoms with van der Waals surface area (Å²) in [7, 11) is 1.59. The Morgan fingerprint density at radius 2 is 1.89 bits per heavy atom. The monoisotopic (exact) mass is 410 g/mol. The highest BCUT2D eigenvalue weighted by Gasteiger charge is 2.41. The topological polar surface area (TPSA) is 104 Å². The lowest BCUT2D eigenvalue weighted by molar-refractivity contribution is -0.137. The molecular formula is C21H30O6S. The van der Waals surface area contributed by atoms with Gasteiger partial charge in [-0.1, -0.05) is 31.4 Å². The fourth-order valence-corrected chi connectivity index (χ4v) is 5.03. The highest BCUT2D eigenvalue weighted by molar-refractivity contribution is 8.00. The Balaban J connectivity index is 1.80. The van der Waals surface area contributed by atoms with Crippen LogP contribution in [0.5, 0.6) is 5.75 Å². The molecule has 1 aliphatic carbocycles. The Bertz CT molecular complexity index is 632. The minimum absolute atomic E-state index is 0.0921. The number of carboxylic acid groups (broad SMARTS) is 1. The van der Waals surface area contributed by atoms with Crippen LogP contribution in [0, 0.1) is 5.92 Å². The highest BCUT2D eigenvalue weighted by Crippen LogP contribution is 2.38. The molecule has 156 valence electrons. The number of unbranched alkanes of at least 4 members (excludes halogenated alkanes) is 3. The lowest BCUT2D eigenvalue weighted by Gasteiger charge is -2.22. The third-order valence-electron chi connectivity index (χ3n) is 5.20. The van der Waals surface area contributed by atoms with Crippen LogP contribution in [0.15, 0.2) is 24.3 Å². The number of aliphatic carboxylic acids is 1. The van der Waals surface area contributed by atoms with E-state index in [1.807, 2.05) is 12.1 Å². The van der Waals surface area contributed by atoms with E-state index in [9.17, 15) is 19.8 Å². The molecule has 1 fully saturated rings. The number of thioether (sulfide) groups is 1. The van der Waals surface area contributed by atoms with Crippen LogP contribution < -0.4 is 4.74 Å². The summed E-state index contributed by atoms with van der Waals surface area (Å²) in [6, 6.07) is 7.22. The van der Waals surface area contributed by atoms with E-state index in [0.717, 1.165) is 30.6 Å². The Morgan fingerprint density at radius 3 is 2.54 bits per heavy atom. The van der Waals surface area contributed by atoms with Gasteiger partial charge < -0.3 is 20.1 Å². The summed E-state index contributed by atoms with van der Waals surface area (Å²) in [5.74, 6) is 0.262. The molecule has 6 nitrogen and oxygen atoms in total. The second-order valence-corrected chi connectivity index (χ2v) is 8.49. The van der Waals surface area contributed by atoms with Gasteiger partial charge in [-0.05, 0) is 30.5 Å². The van der Waals surface area contributed by atoms with Crippen molar-refractivity contribution in [1.29, 1.82) is 0 Å². The molecule has 4 atom stereocenters. The number of hydrogen-bond acceptors (Lipinski definition) is 6. The quantitative estimate of drug-likeness (QED) is 0.455. The maximum Gasteiger partial charge on any atom is 0.303 e. The number of carbonyl (C=O) groups excluding carboxylic acids is 1. The molecule has 2 rings (SSSR count). The minimum atomic E-state index is -0.777. The molecule has 0 aliphatic heterocycles. The van der Waals surface area contributed by atoms with Gasteiger partial charge in [0.2, 0.25) is 0 Å². The average Bonchev–Trinajstić information content (AvgIpc) is 2.95. The summed E-state index contributed by atoms with van der Waals surface area (Å²) in [4.78, 5) is 22.8. The van der Waals surface area contributed by atoms with Crippen LogP contribution >= 0.6 is 11.8 Å². The summed E-state index contributed by atoms with van der Waals surface area (Å²) in [6.07, 6.45) is 2.96. The normalized spacial score (nSPS) is 23.0. The Kier molecular flexibility index (Phi) is 9.28. The smallest absolute Gasteiger partial charge is 0.303 e. The van der Waals surface area contributed by atoms with Crippen molar-refractivity contribution in [3.8, 4) is 5.75 Å². The molecule has 0 spiro atoms. The predicted molar refractivity (Wildman–Crippen MR) is 109 cm³/mol. The lowest BCUT2D eigenvalue weighted by Crippen LogP contribution is -2.24. The number of Topliss-reactive ketones (excluding diaryl/α,β-unsaturated/α-hetero) is 1. The van der Waals surface area contributed by atoms with Crippen molar-refractivity contribution >= 4 is 23.5 Å². The third-order valence-corrected chi connectivity index (χ3v) is 6.74. The number of ketones is 1. The van der Waals surface area contributed by atoms with Gasteiger partial charge >= 0.3 is 5.97 Å². The Labute approximate surface area is 170 Å². The fraction of sp³-hybridized carbons (Fsp3) is 0.619. The number of rotatable bonds is 12. The predicted octanol–water partition coefficient (Wildman–Crippen LogP) is 3.21. The maximum absolute atomic E-state index is 12.3. The molecule has 2 unspecified atom stereocenters. The van der Waals surface area contributed by atoms with Crippen molar-refractivity contribution in [3.05, 3.63) is 29.8 Å². The molecule has 1 aromatic rings. The SMILES string of the molecule is COc1ccc(C(O)CS[C@H]2C(O)CC(=O)[C@@H]2CCCCCCC(=O)O)cc1. The van der Waals surface area contributed by atoms with Gasteiger partial charge in [-0.25, -0.2) is 0 Å². The second kappa shape index (κ2) is 11.4. The first-order valence-electron chi connectivity index (χ1n) is 9.78. The molecule has 0 radical (unpaired) electrons. The van der Waals surface area contributed by atoms with E-state index in [-0.39, 0.29) is 29.8 Å². The molecule has 0 aromatic heterocycles. The van der Waals surface area contributed by atoms with Crippen molar-refractivity contribution in [2.45, 2.75) is 62.4 Å². The van der Waals surface area contributed by atoms with Crippen molar-refractivity contribution in [2.24, 2.45) is 5.92 Å². The van der Waals surface area contributed by atoms with Crippen LogP contribution in [0.2, 0.25) is 0 Å². The standard InChI is InChI=1S/C21H30O6S/c1-27-15-10-8-14(9-11-15)19(24)13-28-21-16(17(22)12-18(21)23)6-4-2-3-5-7-20(25)26/h8-11,16,18-19,21,23-24H,2-7,12-13H2,1H3,(H,25,26)/t16-,18?,19?,21+/m0/s1. The molecule has 0 heterocycles. The maximum atomic E-state index is 12.3. The van der Waals surface area contributed by atoms with Crippen molar-refractivity contribution in [1.82, 2.24) is 0 Å². The number of carbonyl (C=O) groups is 2. The van der Waals surface area contributed by atoms with Gasteiger partial charge in [0, 0.05) is 29.8 Å². The molecule has 1 aliphatic rings. The number of benzene rings is 1. The van der Waals surface area contributed by atoms with Crippen LogP contribution in [-0.4, -0.2) is 51.3 Å². The zero-order valence-electron chi connectivity index (χ0n) is 16.3. The van der Waals surface area contributed by atoms with E-state index < -0.39 is 18.2 Å². The van der Waals surface area contributed by atoms with Gasteiger partial charge in [0.25, 0.3) is 0 Å². The van der Waals surface area contributed by atoms with Gasteiger partial charge in [-0.15, -0.1) is 0 Å². The first-order valence-corrected chi connectivity index (χ1v) is 10.8. The molecule has 7 heteroatoms. The van der Waals surface area contributed by atoms with Crippen LogP contribution in [0.1, 0.15) is 56.6 Å². The number of methoxy groups -OCH3 is 1. The van der Waals surface area contributed by atoms with Crippen LogP contribution in [0.25, 0.3) is 0 Å². The van der Waals surface area contributed by atoms with E-state index in [1.54, 1.807) is 19.2 Å². The lowest BCUT2D eigenvalue weighted by atomic mass is 9.98. The van der Waals surface area contributed by atoms with E-state index in [0.29, 0.717) is 18.6 Å². The minimum Gasteiger partial charge on any atom is -0.497 e. The molecule has 1 aromatic carbocycles. The van der Waals surface area contributed by atoms with E-state index in [2.05, 4.69) is 0 Å². The third kappa shape index (κ3) is 6.79. The first kappa shape index (κ1) is 22.7. The Morgan fingerprint density at radius 1 is 1.21 bits per heavy atom. The summed E-state index contributed by atoms with van der Waals surface area (Å²) < 4.78 is 5.12. The molecule has 0 saturated heterocycles. The second-order valence-electron chi connectivity index (χ2n) is 7.28. The van der Waals surface area contributed by atoms with Crippen LogP contribution in [0.3, 0.4) is 0 Å². The van der Waals surface area contributed by atoms with Gasteiger partial charge in [-0.2, -0.15) is 11.8 Å². The number of hydrogen-bond donors (Lipinski definition) is 3. The van der Waals surface area contributed by atoms with E-state index >= 15 is 0 Å². The first-order chi connectivity index (χ1) is 13.4. The molecular weight excluding hydrogens is 380 g/mol. The summed E-state index contributed by atoms with van der Waals surface area (Å²) in [5, 5.41) is 29.2. The van der Waals surface area contributed by atoms with Gasteiger partial charge in [0.05, 0.1) is 19.3 Å². The van der Waals surface area contributed by atoms with Crippen molar-refractivity contribution < 1.29 is 29.6 Å². The van der Waals surface area contributed by atoms with Gasteiger partial charge in [0.1, 0.15) is 11.5 Å². The zero-order chi connectivity index (χ0) is 20.5. The average molecular weight is 411 g/mol. The van der Waals surface area contributed by atoms with Gasteiger partial charge in [-0.3, -0.25) is 9.59 Å². The van der Waals surface area contributed by atoms with Crippen molar-refractivity contribution in [3.63, 3.8) is 0 Å². The largest absolute Gasteiger partial charge is 0.497 e. The molecule has 28 heavy (non-hydrogen) atoms. The van der Waals surface area contributed by atoms with Crippen molar-refractivity contribution in [2.75, 3.05) is 12.9 Å². The molecule has 0 amide bonds.